The smallest absolute Gasteiger partial charge is 0.171 e. The minimum Gasteiger partial charge on any atom is -0.437 e. The standard InChI is InChI=1S/C14H16OSi/c1-14(16-15,12-8-4-2-5-9-12)13-10-6-3-7-11-13/h2-11,15H,16H2,1H3. The van der Waals surface area contributed by atoms with E-state index < -0.39 is 9.76 Å². The molecule has 82 valence electrons. The van der Waals surface area contributed by atoms with E-state index in [2.05, 4.69) is 31.2 Å². The highest BCUT2D eigenvalue weighted by Gasteiger charge is 2.28. The summed E-state index contributed by atoms with van der Waals surface area (Å²) in [7, 11) is -1.17. The highest BCUT2D eigenvalue weighted by Crippen LogP contribution is 2.29. The Labute approximate surface area is 98.7 Å². The third-order valence-electron chi connectivity index (χ3n) is 3.14. The Hall–Kier alpha value is -1.38. The van der Waals surface area contributed by atoms with E-state index in [0.717, 1.165) is 0 Å². The van der Waals surface area contributed by atoms with Crippen molar-refractivity contribution >= 4 is 9.76 Å². The summed E-state index contributed by atoms with van der Waals surface area (Å²) in [5.74, 6) is 0. The normalized spacial score (nSPS) is 12.1. The zero-order valence-electron chi connectivity index (χ0n) is 9.43. The van der Waals surface area contributed by atoms with Crippen LogP contribution in [0.5, 0.6) is 0 Å². The molecule has 1 N–H and O–H groups in total. The van der Waals surface area contributed by atoms with Gasteiger partial charge in [-0.2, -0.15) is 0 Å². The van der Waals surface area contributed by atoms with Gasteiger partial charge in [0.2, 0.25) is 0 Å². The van der Waals surface area contributed by atoms with E-state index >= 15 is 0 Å². The molecule has 0 aliphatic rings. The van der Waals surface area contributed by atoms with Crippen molar-refractivity contribution in [2.24, 2.45) is 0 Å². The molecule has 2 aromatic rings. The highest BCUT2D eigenvalue weighted by molar-refractivity contribution is 6.32. The first-order valence-electron chi connectivity index (χ1n) is 5.49. The van der Waals surface area contributed by atoms with Gasteiger partial charge in [0.25, 0.3) is 0 Å². The molecule has 0 bridgehead atoms. The monoisotopic (exact) mass is 228 g/mol. The van der Waals surface area contributed by atoms with Gasteiger partial charge in [0, 0.05) is 5.04 Å². The molecule has 0 unspecified atom stereocenters. The molecule has 0 fully saturated rings. The summed E-state index contributed by atoms with van der Waals surface area (Å²) < 4.78 is 0. The zero-order chi connectivity index (χ0) is 11.4. The Kier molecular flexibility index (Phi) is 3.22. The van der Waals surface area contributed by atoms with E-state index in [1.54, 1.807) is 0 Å². The first kappa shape index (κ1) is 11.1. The van der Waals surface area contributed by atoms with Crippen molar-refractivity contribution in [2.45, 2.75) is 12.0 Å². The first-order valence-corrected chi connectivity index (χ1v) is 6.83. The summed E-state index contributed by atoms with van der Waals surface area (Å²) in [6, 6.07) is 20.5. The fourth-order valence-electron chi connectivity index (χ4n) is 1.96. The molecule has 0 aliphatic heterocycles. The van der Waals surface area contributed by atoms with Gasteiger partial charge in [0.05, 0.1) is 0 Å². The number of benzene rings is 2. The second-order valence-electron chi connectivity index (χ2n) is 4.22. The highest BCUT2D eigenvalue weighted by atomic mass is 28.2. The Morgan fingerprint density at radius 2 is 1.19 bits per heavy atom. The fourth-order valence-corrected chi connectivity index (χ4v) is 2.80. The lowest BCUT2D eigenvalue weighted by atomic mass is 9.92. The van der Waals surface area contributed by atoms with Gasteiger partial charge in [-0.05, 0) is 11.1 Å². The SMILES string of the molecule is CC([SiH2]O)(c1ccccc1)c1ccccc1. The van der Waals surface area contributed by atoms with Crippen LogP contribution in [-0.2, 0) is 5.04 Å². The van der Waals surface area contributed by atoms with E-state index in [9.17, 15) is 4.80 Å². The molecule has 2 aromatic carbocycles. The number of rotatable bonds is 3. The number of hydrogen-bond acceptors (Lipinski definition) is 1. The van der Waals surface area contributed by atoms with E-state index in [0.29, 0.717) is 0 Å². The molecule has 2 heteroatoms. The van der Waals surface area contributed by atoms with Crippen LogP contribution in [0.25, 0.3) is 0 Å². The Morgan fingerprint density at radius 3 is 1.50 bits per heavy atom. The molecule has 0 saturated heterocycles. The lowest BCUT2D eigenvalue weighted by Crippen LogP contribution is -2.31. The van der Waals surface area contributed by atoms with Crippen molar-refractivity contribution in [3.63, 3.8) is 0 Å². The summed E-state index contributed by atoms with van der Waals surface area (Å²) >= 11 is 0. The quantitative estimate of drug-likeness (QED) is 0.797. The van der Waals surface area contributed by atoms with Gasteiger partial charge in [0.1, 0.15) is 0 Å². The minimum atomic E-state index is -1.17. The van der Waals surface area contributed by atoms with Crippen LogP contribution in [0.15, 0.2) is 60.7 Å². The topological polar surface area (TPSA) is 20.2 Å². The Bertz CT molecular complexity index is 399. The largest absolute Gasteiger partial charge is 0.437 e. The summed E-state index contributed by atoms with van der Waals surface area (Å²) in [5, 5.41) is -0.178. The maximum absolute atomic E-state index is 9.83. The molecule has 0 atom stereocenters. The van der Waals surface area contributed by atoms with Gasteiger partial charge in [-0.3, -0.25) is 0 Å². The molecule has 2 rings (SSSR count). The van der Waals surface area contributed by atoms with Gasteiger partial charge in [0.15, 0.2) is 9.76 Å². The molecule has 0 heterocycles. The van der Waals surface area contributed by atoms with Gasteiger partial charge < -0.3 is 4.80 Å². The van der Waals surface area contributed by atoms with Crippen LogP contribution in [0.2, 0.25) is 0 Å². The van der Waals surface area contributed by atoms with E-state index in [-0.39, 0.29) is 5.04 Å². The summed E-state index contributed by atoms with van der Waals surface area (Å²) in [6.45, 7) is 2.13. The summed E-state index contributed by atoms with van der Waals surface area (Å²) in [6.07, 6.45) is 0. The van der Waals surface area contributed by atoms with Crippen LogP contribution in [0.3, 0.4) is 0 Å². The lowest BCUT2D eigenvalue weighted by Gasteiger charge is -2.28. The molecular formula is C14H16OSi. The van der Waals surface area contributed by atoms with Crippen molar-refractivity contribution in [1.82, 2.24) is 0 Å². The lowest BCUT2D eigenvalue weighted by molar-refractivity contribution is 0.556. The summed E-state index contributed by atoms with van der Waals surface area (Å²) in [5.41, 5.74) is 2.41. The van der Waals surface area contributed by atoms with Crippen LogP contribution in [0.4, 0.5) is 0 Å². The molecular weight excluding hydrogens is 212 g/mol. The van der Waals surface area contributed by atoms with E-state index in [4.69, 9.17) is 0 Å². The number of hydrogen-bond donors (Lipinski definition) is 1. The predicted molar refractivity (Wildman–Crippen MR) is 70.1 cm³/mol. The van der Waals surface area contributed by atoms with Gasteiger partial charge >= 0.3 is 0 Å². The molecule has 0 radical (unpaired) electrons. The first-order chi connectivity index (χ1) is 7.77. The van der Waals surface area contributed by atoms with Crippen molar-refractivity contribution in [1.29, 1.82) is 0 Å². The molecule has 16 heavy (non-hydrogen) atoms. The molecule has 0 spiro atoms. The van der Waals surface area contributed by atoms with E-state index in [1.807, 2.05) is 36.4 Å². The van der Waals surface area contributed by atoms with Crippen molar-refractivity contribution in [3.8, 4) is 0 Å². The molecule has 0 saturated carbocycles. The van der Waals surface area contributed by atoms with Crippen LogP contribution in [-0.4, -0.2) is 14.6 Å². The van der Waals surface area contributed by atoms with Gasteiger partial charge in [-0.25, -0.2) is 0 Å². The average Bonchev–Trinajstić information content (AvgIpc) is 2.40. The van der Waals surface area contributed by atoms with Crippen LogP contribution in [0.1, 0.15) is 18.1 Å². The third-order valence-corrected chi connectivity index (χ3v) is 4.59. The predicted octanol–water partition coefficient (Wildman–Crippen LogP) is 2.03. The summed E-state index contributed by atoms with van der Waals surface area (Å²) in [4.78, 5) is 9.83. The van der Waals surface area contributed by atoms with Crippen LogP contribution in [0, 0.1) is 0 Å². The molecule has 1 nitrogen and oxygen atoms in total. The maximum atomic E-state index is 9.83. The van der Waals surface area contributed by atoms with Gasteiger partial charge in [-0.15, -0.1) is 0 Å². The van der Waals surface area contributed by atoms with Crippen LogP contribution >= 0.6 is 0 Å². The second-order valence-corrected chi connectivity index (χ2v) is 5.95. The Balaban J connectivity index is 2.49. The zero-order valence-corrected chi connectivity index (χ0v) is 10.8. The molecule has 0 aromatic heterocycles. The molecule has 0 amide bonds. The van der Waals surface area contributed by atoms with Crippen LogP contribution < -0.4 is 0 Å². The van der Waals surface area contributed by atoms with Crippen molar-refractivity contribution in [3.05, 3.63) is 71.8 Å². The minimum absolute atomic E-state index is 0.178. The average molecular weight is 228 g/mol. The van der Waals surface area contributed by atoms with E-state index in [1.165, 1.54) is 11.1 Å². The fraction of sp³-hybridized carbons (Fsp3) is 0.143. The third kappa shape index (κ3) is 1.94. The second kappa shape index (κ2) is 4.64. The maximum Gasteiger partial charge on any atom is 0.171 e. The van der Waals surface area contributed by atoms with Gasteiger partial charge in [-0.1, -0.05) is 67.6 Å². The Morgan fingerprint density at radius 1 is 0.812 bits per heavy atom. The van der Waals surface area contributed by atoms with Crippen molar-refractivity contribution < 1.29 is 4.80 Å². The molecule has 0 aliphatic carbocycles. The van der Waals surface area contributed by atoms with Crippen molar-refractivity contribution in [2.75, 3.05) is 0 Å².